The Morgan fingerprint density at radius 1 is 1.39 bits per heavy atom. The van der Waals surface area contributed by atoms with Crippen molar-refractivity contribution < 1.29 is 14.6 Å². The molecule has 1 aromatic carbocycles. The van der Waals surface area contributed by atoms with E-state index in [-0.39, 0.29) is 17.1 Å². The Balaban J connectivity index is 1.94. The first kappa shape index (κ1) is 15.0. The Bertz CT molecular complexity index is 671. The molecule has 0 spiro atoms. The third-order valence-electron chi connectivity index (χ3n) is 6.67. The zero-order chi connectivity index (χ0) is 16.4. The molecule has 23 heavy (non-hydrogen) atoms. The van der Waals surface area contributed by atoms with Crippen LogP contribution in [0.15, 0.2) is 12.1 Å². The van der Waals surface area contributed by atoms with Gasteiger partial charge in [-0.15, -0.1) is 0 Å². The lowest BCUT2D eigenvalue weighted by molar-refractivity contribution is -0.132. The first-order chi connectivity index (χ1) is 11.0. The average molecular weight is 315 g/mol. The summed E-state index contributed by atoms with van der Waals surface area (Å²) in [5.41, 5.74) is 2.00. The van der Waals surface area contributed by atoms with Crippen molar-refractivity contribution in [3.8, 4) is 11.5 Å². The van der Waals surface area contributed by atoms with E-state index in [0.29, 0.717) is 29.9 Å². The van der Waals surface area contributed by atoms with Crippen molar-refractivity contribution >= 4 is 5.78 Å². The number of fused-ring (bicyclic) bond motifs is 1. The highest BCUT2D eigenvalue weighted by Crippen LogP contribution is 2.58. The van der Waals surface area contributed by atoms with Gasteiger partial charge < -0.3 is 14.7 Å². The van der Waals surface area contributed by atoms with E-state index in [1.807, 2.05) is 6.07 Å². The minimum Gasteiger partial charge on any atom is -0.504 e. The molecule has 0 unspecified atom stereocenters. The summed E-state index contributed by atoms with van der Waals surface area (Å²) < 4.78 is 5.35. The largest absolute Gasteiger partial charge is 0.504 e. The Hall–Kier alpha value is -1.55. The summed E-state index contributed by atoms with van der Waals surface area (Å²) in [6, 6.07) is 4.41. The van der Waals surface area contributed by atoms with Crippen LogP contribution in [0.2, 0.25) is 0 Å². The number of hydrogen-bond acceptors (Lipinski definition) is 4. The van der Waals surface area contributed by atoms with Gasteiger partial charge in [-0.3, -0.25) is 4.79 Å². The minimum atomic E-state index is -0.201. The summed E-state index contributed by atoms with van der Waals surface area (Å²) in [6.45, 7) is 3.05. The first-order valence-electron chi connectivity index (χ1n) is 8.60. The highest BCUT2D eigenvalue weighted by Gasteiger charge is 2.57. The van der Waals surface area contributed by atoms with Gasteiger partial charge in [0.2, 0.25) is 0 Å². The number of nitrogens with zero attached hydrogens (tertiary/aromatic N) is 1. The standard InChI is InChI=1S/C19H25NO3/c1-11-8-13-14-9-12-4-5-16(23-3)18(22)17(12)19(13,10-15(11)21)6-7-20(14)2/h4-5,11,13-14,22H,6-10H2,1-3H3/t11-,13-,14-,19-/m0/s1. The van der Waals surface area contributed by atoms with Gasteiger partial charge in [0, 0.05) is 29.4 Å². The number of Topliss-reactive ketones (excluding diaryl/α,β-unsaturated/α-hetero) is 1. The molecular formula is C19H25NO3. The smallest absolute Gasteiger partial charge is 0.161 e. The van der Waals surface area contributed by atoms with Crippen molar-refractivity contribution in [2.24, 2.45) is 11.8 Å². The van der Waals surface area contributed by atoms with E-state index in [9.17, 15) is 9.90 Å². The molecule has 1 saturated carbocycles. The molecule has 4 nitrogen and oxygen atoms in total. The van der Waals surface area contributed by atoms with Crippen molar-refractivity contribution in [3.05, 3.63) is 23.3 Å². The summed E-state index contributed by atoms with van der Waals surface area (Å²) in [5, 5.41) is 10.8. The Kier molecular flexibility index (Phi) is 3.24. The van der Waals surface area contributed by atoms with Crippen molar-refractivity contribution in [2.75, 3.05) is 20.7 Å². The summed E-state index contributed by atoms with van der Waals surface area (Å²) in [6.07, 6.45) is 3.40. The number of phenols is 1. The Morgan fingerprint density at radius 2 is 2.17 bits per heavy atom. The highest BCUT2D eigenvalue weighted by molar-refractivity contribution is 5.84. The van der Waals surface area contributed by atoms with E-state index >= 15 is 0 Å². The number of ether oxygens (including phenoxy) is 1. The molecule has 1 aromatic rings. The molecule has 0 amide bonds. The number of rotatable bonds is 1. The Morgan fingerprint density at radius 3 is 2.91 bits per heavy atom. The van der Waals surface area contributed by atoms with E-state index in [1.54, 1.807) is 7.11 Å². The molecule has 0 radical (unpaired) electrons. The zero-order valence-corrected chi connectivity index (χ0v) is 14.1. The SMILES string of the molecule is COc1ccc2c(c1O)[C@]13CCN(C)[C@@H](C2)[C@@H]1C[C@H](C)C(=O)C3. The van der Waals surface area contributed by atoms with Gasteiger partial charge in [-0.2, -0.15) is 0 Å². The number of piperidine rings is 1. The van der Waals surface area contributed by atoms with Crippen LogP contribution in [0.5, 0.6) is 11.5 Å². The zero-order valence-electron chi connectivity index (χ0n) is 14.1. The number of methoxy groups -OCH3 is 1. The van der Waals surface area contributed by atoms with Gasteiger partial charge in [-0.25, -0.2) is 0 Å². The number of phenolic OH excluding ortho intramolecular Hbond substituents is 1. The van der Waals surface area contributed by atoms with Crippen LogP contribution in [0.4, 0.5) is 0 Å². The first-order valence-corrected chi connectivity index (χ1v) is 8.60. The second-order valence-corrected chi connectivity index (χ2v) is 7.70. The molecule has 1 saturated heterocycles. The van der Waals surface area contributed by atoms with E-state index in [2.05, 4.69) is 24.9 Å². The van der Waals surface area contributed by atoms with Gasteiger partial charge in [0.25, 0.3) is 0 Å². The number of likely N-dealkylation sites (N-methyl/N-ethyl adjacent to an activating group) is 1. The second kappa shape index (κ2) is 4.97. The molecule has 1 N–H and O–H groups in total. The van der Waals surface area contributed by atoms with Gasteiger partial charge in [0.15, 0.2) is 11.5 Å². The lowest BCUT2D eigenvalue weighted by Gasteiger charge is -2.58. The van der Waals surface area contributed by atoms with Gasteiger partial charge >= 0.3 is 0 Å². The van der Waals surface area contributed by atoms with Crippen LogP contribution < -0.4 is 4.74 Å². The fourth-order valence-corrected chi connectivity index (χ4v) is 5.43. The molecule has 2 aliphatic carbocycles. The van der Waals surface area contributed by atoms with Crippen LogP contribution >= 0.6 is 0 Å². The molecule has 4 atom stereocenters. The summed E-state index contributed by atoms with van der Waals surface area (Å²) in [4.78, 5) is 15.0. The molecule has 2 bridgehead atoms. The molecule has 4 rings (SSSR count). The Labute approximate surface area is 137 Å². The fraction of sp³-hybridized carbons (Fsp3) is 0.632. The van der Waals surface area contributed by atoms with E-state index in [4.69, 9.17) is 4.74 Å². The lowest BCUT2D eigenvalue weighted by Crippen LogP contribution is -2.62. The van der Waals surface area contributed by atoms with Gasteiger partial charge in [-0.1, -0.05) is 13.0 Å². The number of ketones is 1. The maximum Gasteiger partial charge on any atom is 0.161 e. The number of carbonyl (C=O) groups is 1. The van der Waals surface area contributed by atoms with Crippen LogP contribution in [-0.2, 0) is 16.6 Å². The topological polar surface area (TPSA) is 49.8 Å². The maximum atomic E-state index is 12.6. The van der Waals surface area contributed by atoms with E-state index in [1.165, 1.54) is 5.56 Å². The maximum absolute atomic E-state index is 12.6. The normalized spacial score (nSPS) is 36.3. The summed E-state index contributed by atoms with van der Waals surface area (Å²) in [5.74, 6) is 1.72. The third-order valence-corrected chi connectivity index (χ3v) is 6.67. The molecule has 1 heterocycles. The van der Waals surface area contributed by atoms with Gasteiger partial charge in [0.05, 0.1) is 7.11 Å². The minimum absolute atomic E-state index is 0.136. The predicted molar refractivity (Wildman–Crippen MR) is 88.0 cm³/mol. The number of carbonyl (C=O) groups excluding carboxylic acids is 1. The molecule has 4 heteroatoms. The van der Waals surface area contributed by atoms with Crippen molar-refractivity contribution in [2.45, 2.75) is 44.1 Å². The van der Waals surface area contributed by atoms with Crippen LogP contribution in [-0.4, -0.2) is 42.5 Å². The molecule has 3 aliphatic rings. The quantitative estimate of drug-likeness (QED) is 0.865. The van der Waals surface area contributed by atoms with E-state index < -0.39 is 0 Å². The van der Waals surface area contributed by atoms with Crippen LogP contribution in [0.25, 0.3) is 0 Å². The van der Waals surface area contributed by atoms with Gasteiger partial charge in [0.1, 0.15) is 5.78 Å². The molecular weight excluding hydrogens is 290 g/mol. The summed E-state index contributed by atoms with van der Waals surface area (Å²) in [7, 11) is 3.79. The summed E-state index contributed by atoms with van der Waals surface area (Å²) >= 11 is 0. The number of likely N-dealkylation sites (tertiary alicyclic amines) is 1. The van der Waals surface area contributed by atoms with Crippen molar-refractivity contribution in [1.29, 1.82) is 0 Å². The number of aromatic hydroxyl groups is 1. The fourth-order valence-electron chi connectivity index (χ4n) is 5.43. The monoisotopic (exact) mass is 315 g/mol. The predicted octanol–water partition coefficient (Wildman–Crippen LogP) is 2.51. The molecule has 0 aromatic heterocycles. The van der Waals surface area contributed by atoms with E-state index in [0.717, 1.165) is 31.4 Å². The average Bonchev–Trinajstić information content (AvgIpc) is 2.52. The van der Waals surface area contributed by atoms with Crippen LogP contribution in [0, 0.1) is 11.8 Å². The second-order valence-electron chi connectivity index (χ2n) is 7.70. The van der Waals surface area contributed by atoms with Crippen LogP contribution in [0.1, 0.15) is 37.3 Å². The molecule has 1 aliphatic heterocycles. The lowest BCUT2D eigenvalue weighted by atomic mass is 9.50. The molecule has 2 fully saturated rings. The number of hydrogen-bond donors (Lipinski definition) is 1. The van der Waals surface area contributed by atoms with Crippen molar-refractivity contribution in [1.82, 2.24) is 4.90 Å². The van der Waals surface area contributed by atoms with Crippen LogP contribution in [0.3, 0.4) is 0 Å². The van der Waals surface area contributed by atoms with Gasteiger partial charge in [-0.05, 0) is 50.4 Å². The van der Waals surface area contributed by atoms with Crippen molar-refractivity contribution in [3.63, 3.8) is 0 Å². The molecule has 124 valence electrons. The highest BCUT2D eigenvalue weighted by atomic mass is 16.5. The third kappa shape index (κ3) is 1.90. The number of benzene rings is 1.